The van der Waals surface area contributed by atoms with Crippen molar-refractivity contribution in [3.63, 3.8) is 0 Å². The maximum absolute atomic E-state index is 10.8. The van der Waals surface area contributed by atoms with Gasteiger partial charge in [0.25, 0.3) is 0 Å². The molecule has 5 nitrogen and oxygen atoms in total. The van der Waals surface area contributed by atoms with Crippen LogP contribution in [-0.2, 0) is 11.3 Å². The van der Waals surface area contributed by atoms with Gasteiger partial charge >= 0.3 is 0 Å². The zero-order chi connectivity index (χ0) is 8.97. The minimum atomic E-state index is -0.965. The summed E-state index contributed by atoms with van der Waals surface area (Å²) in [5.41, 5.74) is 0.809. The first-order valence-electron chi connectivity index (χ1n) is 3.64. The number of hydrogen-bond donors (Lipinski definition) is 3. The molecule has 1 heterocycles. The number of rotatable bonds is 3. The first-order valence-corrected chi connectivity index (χ1v) is 3.64. The summed E-state index contributed by atoms with van der Waals surface area (Å²) < 4.78 is 0. The highest BCUT2D eigenvalue weighted by molar-refractivity contribution is 5.79. The van der Waals surface area contributed by atoms with Crippen molar-refractivity contribution in [1.29, 1.82) is 0 Å². The molecule has 12 heavy (non-hydrogen) atoms. The summed E-state index contributed by atoms with van der Waals surface area (Å²) in [6, 6.07) is 1.75. The van der Waals surface area contributed by atoms with Crippen LogP contribution in [0.4, 0.5) is 0 Å². The second-order valence-corrected chi connectivity index (χ2v) is 2.48. The van der Waals surface area contributed by atoms with Gasteiger partial charge in [-0.15, -0.1) is 0 Å². The summed E-state index contributed by atoms with van der Waals surface area (Å²) in [6.45, 7) is 1.78. The fourth-order valence-electron chi connectivity index (χ4n) is 0.713. The Hall–Kier alpha value is -1.36. The van der Waals surface area contributed by atoms with Crippen LogP contribution in [0.1, 0.15) is 12.6 Å². The van der Waals surface area contributed by atoms with Crippen molar-refractivity contribution in [3.05, 3.63) is 18.0 Å². The Morgan fingerprint density at radius 2 is 2.67 bits per heavy atom. The van der Waals surface area contributed by atoms with Gasteiger partial charge in [-0.05, 0) is 13.0 Å². The Morgan fingerprint density at radius 1 is 1.92 bits per heavy atom. The largest absolute Gasteiger partial charge is 0.384 e. The summed E-state index contributed by atoms with van der Waals surface area (Å²) >= 11 is 0. The number of aliphatic hydroxyl groups is 1. The highest BCUT2D eigenvalue weighted by atomic mass is 16.3. The molecule has 0 aliphatic rings. The summed E-state index contributed by atoms with van der Waals surface area (Å²) in [5.74, 6) is -0.385. The standard InChI is InChI=1S/C7H11N3O2/c1-5(11)7(12)8-4-6-2-3-9-10-6/h2-3,5,11H,4H2,1H3,(H,8,12)(H,9,10)/t5-/m0/s1. The fourth-order valence-corrected chi connectivity index (χ4v) is 0.713. The molecule has 1 aromatic rings. The van der Waals surface area contributed by atoms with Gasteiger partial charge in [-0.3, -0.25) is 9.89 Å². The molecule has 66 valence electrons. The first-order chi connectivity index (χ1) is 5.70. The molecule has 0 aliphatic heterocycles. The molecule has 1 aromatic heterocycles. The third kappa shape index (κ3) is 2.35. The quantitative estimate of drug-likeness (QED) is 0.565. The van der Waals surface area contributed by atoms with Gasteiger partial charge in [0.2, 0.25) is 5.91 Å². The molecule has 0 aliphatic carbocycles. The molecule has 1 atom stereocenters. The van der Waals surface area contributed by atoms with E-state index in [1.54, 1.807) is 12.3 Å². The molecular weight excluding hydrogens is 158 g/mol. The normalized spacial score (nSPS) is 12.5. The fraction of sp³-hybridized carbons (Fsp3) is 0.429. The number of aromatic nitrogens is 2. The molecule has 0 saturated carbocycles. The zero-order valence-electron chi connectivity index (χ0n) is 6.74. The van der Waals surface area contributed by atoms with E-state index in [4.69, 9.17) is 5.11 Å². The maximum atomic E-state index is 10.8. The SMILES string of the molecule is C[C@H](O)C(=O)NCc1ccn[nH]1. The number of H-pyrrole nitrogens is 1. The molecule has 0 aromatic carbocycles. The zero-order valence-corrected chi connectivity index (χ0v) is 6.74. The van der Waals surface area contributed by atoms with Gasteiger partial charge < -0.3 is 10.4 Å². The second kappa shape index (κ2) is 3.87. The van der Waals surface area contributed by atoms with Crippen molar-refractivity contribution in [2.75, 3.05) is 0 Å². The summed E-state index contributed by atoms with van der Waals surface area (Å²) in [4.78, 5) is 10.8. The average molecular weight is 169 g/mol. The van der Waals surface area contributed by atoms with Crippen LogP contribution < -0.4 is 5.32 Å². The van der Waals surface area contributed by atoms with E-state index in [-0.39, 0.29) is 5.91 Å². The van der Waals surface area contributed by atoms with E-state index in [2.05, 4.69) is 15.5 Å². The van der Waals surface area contributed by atoms with E-state index in [1.165, 1.54) is 6.92 Å². The first kappa shape index (κ1) is 8.73. The monoisotopic (exact) mass is 169 g/mol. The van der Waals surface area contributed by atoms with E-state index < -0.39 is 6.10 Å². The molecule has 0 radical (unpaired) electrons. The summed E-state index contributed by atoms with van der Waals surface area (Å²) in [6.07, 6.45) is 0.636. The maximum Gasteiger partial charge on any atom is 0.248 e. The highest BCUT2D eigenvalue weighted by Gasteiger charge is 2.07. The van der Waals surface area contributed by atoms with E-state index in [9.17, 15) is 4.79 Å². The molecule has 0 saturated heterocycles. The number of amides is 1. The van der Waals surface area contributed by atoms with Gasteiger partial charge in [0.15, 0.2) is 0 Å². The number of carbonyl (C=O) groups excluding carboxylic acids is 1. The smallest absolute Gasteiger partial charge is 0.248 e. The van der Waals surface area contributed by atoms with Crippen LogP contribution in [-0.4, -0.2) is 27.3 Å². The van der Waals surface area contributed by atoms with E-state index in [1.807, 2.05) is 0 Å². The van der Waals surface area contributed by atoms with Gasteiger partial charge in [0.05, 0.1) is 12.2 Å². The van der Waals surface area contributed by atoms with E-state index in [0.29, 0.717) is 6.54 Å². The van der Waals surface area contributed by atoms with Gasteiger partial charge in [0, 0.05) is 6.20 Å². The minimum Gasteiger partial charge on any atom is -0.384 e. The van der Waals surface area contributed by atoms with Gasteiger partial charge in [-0.1, -0.05) is 0 Å². The average Bonchev–Trinajstić information content (AvgIpc) is 2.51. The predicted octanol–water partition coefficient (Wildman–Crippen LogP) is -0.593. The summed E-state index contributed by atoms with van der Waals surface area (Å²) in [7, 11) is 0. The lowest BCUT2D eigenvalue weighted by Gasteiger charge is -2.04. The van der Waals surface area contributed by atoms with Crippen LogP contribution in [0, 0.1) is 0 Å². The van der Waals surface area contributed by atoms with Gasteiger partial charge in [-0.2, -0.15) is 5.10 Å². The Kier molecular flexibility index (Phi) is 2.82. The number of nitrogens with zero attached hydrogens (tertiary/aromatic N) is 1. The van der Waals surface area contributed by atoms with Crippen LogP contribution in [0.5, 0.6) is 0 Å². The van der Waals surface area contributed by atoms with Crippen LogP contribution in [0.2, 0.25) is 0 Å². The molecule has 1 rings (SSSR count). The molecular formula is C7H11N3O2. The Balaban J connectivity index is 2.32. The highest BCUT2D eigenvalue weighted by Crippen LogP contribution is 1.90. The molecule has 0 fully saturated rings. The van der Waals surface area contributed by atoms with Crippen LogP contribution in [0.15, 0.2) is 12.3 Å². The van der Waals surface area contributed by atoms with Crippen LogP contribution in [0.25, 0.3) is 0 Å². The third-order valence-corrected chi connectivity index (χ3v) is 1.39. The lowest BCUT2D eigenvalue weighted by Crippen LogP contribution is -2.32. The van der Waals surface area contributed by atoms with Crippen LogP contribution in [0.3, 0.4) is 0 Å². The topological polar surface area (TPSA) is 78.0 Å². The molecule has 0 spiro atoms. The minimum absolute atomic E-state index is 0.365. The van der Waals surface area contributed by atoms with Gasteiger partial charge in [-0.25, -0.2) is 0 Å². The molecule has 3 N–H and O–H groups in total. The summed E-state index contributed by atoms with van der Waals surface area (Å²) in [5, 5.41) is 17.7. The van der Waals surface area contributed by atoms with E-state index >= 15 is 0 Å². The lowest BCUT2D eigenvalue weighted by atomic mass is 10.3. The Morgan fingerprint density at radius 3 is 3.17 bits per heavy atom. The Bertz CT molecular complexity index is 243. The predicted molar refractivity (Wildman–Crippen MR) is 42.1 cm³/mol. The number of hydrogen-bond acceptors (Lipinski definition) is 3. The molecule has 0 bridgehead atoms. The van der Waals surface area contributed by atoms with Crippen molar-refractivity contribution in [2.24, 2.45) is 0 Å². The number of aromatic amines is 1. The van der Waals surface area contributed by atoms with Gasteiger partial charge in [0.1, 0.15) is 6.10 Å². The molecule has 1 amide bonds. The van der Waals surface area contributed by atoms with Crippen LogP contribution >= 0.6 is 0 Å². The third-order valence-electron chi connectivity index (χ3n) is 1.39. The van der Waals surface area contributed by atoms with Crippen molar-refractivity contribution >= 4 is 5.91 Å². The Labute approximate surface area is 69.8 Å². The van der Waals surface area contributed by atoms with Crippen molar-refractivity contribution in [1.82, 2.24) is 15.5 Å². The number of carbonyl (C=O) groups is 1. The molecule has 5 heteroatoms. The van der Waals surface area contributed by atoms with Crippen molar-refractivity contribution in [3.8, 4) is 0 Å². The number of nitrogens with one attached hydrogen (secondary N) is 2. The number of aliphatic hydroxyl groups excluding tert-OH is 1. The lowest BCUT2D eigenvalue weighted by molar-refractivity contribution is -0.128. The van der Waals surface area contributed by atoms with E-state index in [0.717, 1.165) is 5.69 Å². The van der Waals surface area contributed by atoms with Crippen molar-refractivity contribution < 1.29 is 9.90 Å². The van der Waals surface area contributed by atoms with Crippen molar-refractivity contribution in [2.45, 2.75) is 19.6 Å². The second-order valence-electron chi connectivity index (χ2n) is 2.48. The molecule has 0 unspecified atom stereocenters.